The van der Waals surface area contributed by atoms with E-state index in [1.165, 1.54) is 5.56 Å². The molecule has 1 N–H and O–H groups in total. The lowest BCUT2D eigenvalue weighted by atomic mass is 10.2. The normalized spacial score (nSPS) is 10.7. The Kier molecular flexibility index (Phi) is 10.5. The van der Waals surface area contributed by atoms with Crippen LogP contribution in [0.5, 0.6) is 11.5 Å². The molecule has 0 saturated carbocycles. The molecule has 0 spiro atoms. The molecule has 1 aromatic heterocycles. The third-order valence-electron chi connectivity index (χ3n) is 3.98. The second-order valence-electron chi connectivity index (χ2n) is 5.88. The van der Waals surface area contributed by atoms with Crippen molar-refractivity contribution in [3.63, 3.8) is 0 Å². The highest BCUT2D eigenvalue weighted by Gasteiger charge is 2.11. The molecule has 0 aliphatic carbocycles. The Bertz CT molecular complexity index is 710. The molecule has 0 bridgehead atoms. The highest BCUT2D eigenvalue weighted by atomic mass is 127. The van der Waals surface area contributed by atoms with Gasteiger partial charge < -0.3 is 19.7 Å². The number of aliphatic imine (C=N–C) groups is 1. The van der Waals surface area contributed by atoms with E-state index in [2.05, 4.69) is 28.2 Å². The molecule has 0 aliphatic heterocycles. The van der Waals surface area contributed by atoms with Gasteiger partial charge in [-0.3, -0.25) is 9.98 Å². The quantitative estimate of drug-likeness (QED) is 0.354. The van der Waals surface area contributed by atoms with Gasteiger partial charge in [-0.05, 0) is 37.1 Å². The second kappa shape index (κ2) is 12.4. The first-order valence-corrected chi connectivity index (χ1v) is 8.77. The van der Waals surface area contributed by atoms with Crippen LogP contribution in [0.1, 0.15) is 18.1 Å². The molecule has 0 aliphatic rings. The largest absolute Gasteiger partial charge is 0.497 e. The maximum atomic E-state index is 5.49. The van der Waals surface area contributed by atoms with Gasteiger partial charge in [-0.25, -0.2) is 0 Å². The maximum Gasteiger partial charge on any atom is 0.193 e. The molecular formula is C20H29IN4O2. The number of ether oxygens (including phenoxy) is 2. The van der Waals surface area contributed by atoms with E-state index in [-0.39, 0.29) is 24.0 Å². The van der Waals surface area contributed by atoms with Crippen molar-refractivity contribution in [2.45, 2.75) is 19.9 Å². The first-order valence-electron chi connectivity index (χ1n) is 8.77. The molecule has 1 heterocycles. The number of benzene rings is 1. The van der Waals surface area contributed by atoms with Crippen molar-refractivity contribution in [1.82, 2.24) is 15.2 Å². The third kappa shape index (κ3) is 7.24. The molecule has 0 amide bonds. The maximum absolute atomic E-state index is 5.49. The molecule has 0 fully saturated rings. The van der Waals surface area contributed by atoms with Crippen molar-refractivity contribution in [3.8, 4) is 11.5 Å². The number of guanidine groups is 1. The molecule has 0 saturated heterocycles. The summed E-state index contributed by atoms with van der Waals surface area (Å²) in [5, 5.41) is 3.34. The monoisotopic (exact) mass is 484 g/mol. The Morgan fingerprint density at radius 3 is 2.67 bits per heavy atom. The summed E-state index contributed by atoms with van der Waals surface area (Å²) >= 11 is 0. The van der Waals surface area contributed by atoms with E-state index >= 15 is 0 Å². The zero-order valence-electron chi connectivity index (χ0n) is 16.4. The minimum absolute atomic E-state index is 0. The van der Waals surface area contributed by atoms with Crippen LogP contribution in [-0.4, -0.2) is 50.2 Å². The van der Waals surface area contributed by atoms with Crippen molar-refractivity contribution < 1.29 is 9.47 Å². The van der Waals surface area contributed by atoms with Crippen LogP contribution in [-0.2, 0) is 13.0 Å². The SMILES string of the molecule is CCNC(=NCCc1cccnc1)N(C)Cc1ccc(OC)cc1OC.I. The summed E-state index contributed by atoms with van der Waals surface area (Å²) in [5.41, 5.74) is 2.26. The van der Waals surface area contributed by atoms with Crippen molar-refractivity contribution in [2.24, 2.45) is 4.99 Å². The molecule has 27 heavy (non-hydrogen) atoms. The van der Waals surface area contributed by atoms with Crippen molar-refractivity contribution in [1.29, 1.82) is 0 Å². The van der Waals surface area contributed by atoms with Gasteiger partial charge in [0.25, 0.3) is 0 Å². The second-order valence-corrected chi connectivity index (χ2v) is 5.88. The van der Waals surface area contributed by atoms with Gasteiger partial charge in [0.15, 0.2) is 5.96 Å². The van der Waals surface area contributed by atoms with Crippen molar-refractivity contribution in [3.05, 3.63) is 53.9 Å². The number of hydrogen-bond donors (Lipinski definition) is 1. The van der Waals surface area contributed by atoms with Crippen LogP contribution in [0.4, 0.5) is 0 Å². The smallest absolute Gasteiger partial charge is 0.193 e. The number of nitrogens with zero attached hydrogens (tertiary/aromatic N) is 3. The molecule has 148 valence electrons. The Balaban J connectivity index is 0.00000364. The Hall–Kier alpha value is -2.03. The van der Waals surface area contributed by atoms with E-state index in [0.29, 0.717) is 13.1 Å². The average Bonchev–Trinajstić information content (AvgIpc) is 2.68. The lowest BCUT2D eigenvalue weighted by Gasteiger charge is -2.23. The third-order valence-corrected chi connectivity index (χ3v) is 3.98. The molecule has 7 heteroatoms. The molecule has 2 rings (SSSR count). The minimum Gasteiger partial charge on any atom is -0.497 e. The molecule has 2 aromatic rings. The van der Waals surface area contributed by atoms with E-state index in [1.54, 1.807) is 20.4 Å². The number of aromatic nitrogens is 1. The first kappa shape index (κ1) is 23.0. The Labute approximate surface area is 179 Å². The lowest BCUT2D eigenvalue weighted by molar-refractivity contribution is 0.382. The van der Waals surface area contributed by atoms with Crippen molar-refractivity contribution >= 4 is 29.9 Å². The number of pyridine rings is 1. The summed E-state index contributed by atoms with van der Waals surface area (Å²) in [6.45, 7) is 4.28. The highest BCUT2D eigenvalue weighted by Crippen LogP contribution is 2.25. The van der Waals surface area contributed by atoms with Crippen LogP contribution >= 0.6 is 24.0 Å². The molecule has 0 atom stereocenters. The lowest BCUT2D eigenvalue weighted by Crippen LogP contribution is -2.38. The number of nitrogens with one attached hydrogen (secondary N) is 1. The average molecular weight is 484 g/mol. The number of halogens is 1. The van der Waals surface area contributed by atoms with Gasteiger partial charge in [0.2, 0.25) is 0 Å². The van der Waals surface area contributed by atoms with Crippen LogP contribution in [0.3, 0.4) is 0 Å². The Morgan fingerprint density at radius 1 is 1.22 bits per heavy atom. The van der Waals surface area contributed by atoms with Crippen LogP contribution in [0.2, 0.25) is 0 Å². The van der Waals surface area contributed by atoms with Crippen LogP contribution in [0.15, 0.2) is 47.7 Å². The van der Waals surface area contributed by atoms with E-state index in [9.17, 15) is 0 Å². The predicted octanol–water partition coefficient (Wildman–Crippen LogP) is 3.36. The summed E-state index contributed by atoms with van der Waals surface area (Å²) in [4.78, 5) is 11.0. The van der Waals surface area contributed by atoms with Gasteiger partial charge in [0.05, 0.1) is 14.2 Å². The van der Waals surface area contributed by atoms with E-state index < -0.39 is 0 Å². The standard InChI is InChI=1S/C20H28N4O2.HI/c1-5-22-20(23-12-10-16-7-6-11-21-14-16)24(2)15-17-8-9-18(25-3)13-19(17)26-4;/h6-9,11,13-14H,5,10,12,15H2,1-4H3,(H,22,23);1H. The molecule has 0 radical (unpaired) electrons. The van der Waals surface area contributed by atoms with Gasteiger partial charge >= 0.3 is 0 Å². The van der Waals surface area contributed by atoms with Crippen LogP contribution in [0.25, 0.3) is 0 Å². The van der Waals surface area contributed by atoms with Gasteiger partial charge in [-0.1, -0.05) is 6.07 Å². The fourth-order valence-electron chi connectivity index (χ4n) is 2.62. The molecule has 1 aromatic carbocycles. The highest BCUT2D eigenvalue weighted by molar-refractivity contribution is 14.0. The number of hydrogen-bond acceptors (Lipinski definition) is 4. The van der Waals surface area contributed by atoms with Crippen LogP contribution < -0.4 is 14.8 Å². The summed E-state index contributed by atoms with van der Waals surface area (Å²) in [7, 11) is 5.35. The molecular weight excluding hydrogens is 455 g/mol. The van der Waals surface area contributed by atoms with Crippen molar-refractivity contribution in [2.75, 3.05) is 34.4 Å². The first-order chi connectivity index (χ1) is 12.7. The van der Waals surface area contributed by atoms with E-state index in [4.69, 9.17) is 14.5 Å². The van der Waals surface area contributed by atoms with Crippen LogP contribution in [0, 0.1) is 0 Å². The van der Waals surface area contributed by atoms with Gasteiger partial charge in [-0.15, -0.1) is 24.0 Å². The zero-order valence-corrected chi connectivity index (χ0v) is 18.8. The summed E-state index contributed by atoms with van der Waals surface area (Å²) in [6.07, 6.45) is 4.53. The number of methoxy groups -OCH3 is 2. The summed E-state index contributed by atoms with van der Waals surface area (Å²) < 4.78 is 10.8. The minimum atomic E-state index is 0. The molecule has 6 nitrogen and oxygen atoms in total. The summed E-state index contributed by atoms with van der Waals surface area (Å²) in [5.74, 6) is 2.46. The van der Waals surface area contributed by atoms with Gasteiger partial charge in [0.1, 0.15) is 11.5 Å². The fraction of sp³-hybridized carbons (Fsp3) is 0.400. The fourth-order valence-corrected chi connectivity index (χ4v) is 2.62. The Morgan fingerprint density at radius 2 is 2.04 bits per heavy atom. The molecule has 0 unspecified atom stereocenters. The topological polar surface area (TPSA) is 59.0 Å². The summed E-state index contributed by atoms with van der Waals surface area (Å²) in [6, 6.07) is 9.88. The van der Waals surface area contributed by atoms with Gasteiger partial charge in [0, 0.05) is 50.7 Å². The van der Waals surface area contributed by atoms with Gasteiger partial charge in [-0.2, -0.15) is 0 Å². The number of rotatable bonds is 8. The van der Waals surface area contributed by atoms with E-state index in [1.807, 2.05) is 37.5 Å². The zero-order chi connectivity index (χ0) is 18.8. The van der Waals surface area contributed by atoms with E-state index in [0.717, 1.165) is 36.0 Å². The predicted molar refractivity (Wildman–Crippen MR) is 120 cm³/mol.